The molecule has 0 fully saturated rings. The molecule has 2 nitrogen and oxygen atoms in total. The van der Waals surface area contributed by atoms with E-state index in [9.17, 15) is 0 Å². The highest BCUT2D eigenvalue weighted by Gasteiger charge is 2.26. The van der Waals surface area contributed by atoms with Crippen molar-refractivity contribution in [2.24, 2.45) is 5.73 Å². The molecule has 0 bridgehead atoms. The number of nitrogens with two attached hydrogens (primary N) is 1. The normalized spacial score (nSPS) is 20.0. The van der Waals surface area contributed by atoms with Gasteiger partial charge in [0.1, 0.15) is 5.50 Å². The molecule has 1 aliphatic rings. The summed E-state index contributed by atoms with van der Waals surface area (Å²) in [6.07, 6.45) is 0. The zero-order valence-corrected chi connectivity index (χ0v) is 11.7. The number of hydrogen-bond donors (Lipinski definition) is 1. The predicted molar refractivity (Wildman–Crippen MR) is 77.1 cm³/mol. The van der Waals surface area contributed by atoms with Gasteiger partial charge < -0.3 is 10.6 Å². The van der Waals surface area contributed by atoms with Crippen LogP contribution < -0.4 is 10.6 Å². The van der Waals surface area contributed by atoms with Gasteiger partial charge in [0.2, 0.25) is 0 Å². The van der Waals surface area contributed by atoms with Crippen LogP contribution in [-0.4, -0.2) is 5.50 Å². The highest BCUT2D eigenvalue weighted by atomic mass is 32.2. The fourth-order valence-electron chi connectivity index (χ4n) is 2.27. The Bertz CT molecular complexity index is 452. The lowest BCUT2D eigenvalue weighted by atomic mass is 9.97. The zero-order chi connectivity index (χ0) is 12.6. The van der Waals surface area contributed by atoms with Gasteiger partial charge in [-0.3, -0.25) is 0 Å². The number of hydrogen-bond acceptors (Lipinski definition) is 3. The fraction of sp³-hybridized carbons (Fsp3) is 0.429. The van der Waals surface area contributed by atoms with E-state index < -0.39 is 0 Å². The molecule has 2 rings (SSSR count). The van der Waals surface area contributed by atoms with Crippen molar-refractivity contribution < 1.29 is 0 Å². The van der Waals surface area contributed by atoms with Crippen molar-refractivity contribution in [3.05, 3.63) is 40.4 Å². The van der Waals surface area contributed by atoms with Crippen molar-refractivity contribution in [1.82, 2.24) is 0 Å². The van der Waals surface area contributed by atoms with Crippen molar-refractivity contribution in [1.29, 1.82) is 0 Å². The lowest BCUT2D eigenvalue weighted by Gasteiger charge is -2.30. The summed E-state index contributed by atoms with van der Waals surface area (Å²) in [6, 6.07) is 6.49. The van der Waals surface area contributed by atoms with Crippen LogP contribution in [-0.2, 0) is 0 Å². The number of allylic oxidation sites excluding steroid dienone is 1. The SMILES string of the molecule is CC1=CSC(N)N1c1c(C)cccc1C(C)C. The maximum absolute atomic E-state index is 6.18. The summed E-state index contributed by atoms with van der Waals surface area (Å²) in [5.41, 5.74) is 11.4. The van der Waals surface area contributed by atoms with Crippen molar-refractivity contribution in [2.45, 2.75) is 39.1 Å². The predicted octanol–water partition coefficient (Wildman–Crippen LogP) is 3.78. The molecule has 0 saturated heterocycles. The third kappa shape index (κ3) is 2.22. The molecule has 17 heavy (non-hydrogen) atoms. The maximum Gasteiger partial charge on any atom is 0.133 e. The molecule has 0 amide bonds. The quantitative estimate of drug-likeness (QED) is 0.863. The number of rotatable bonds is 2. The van der Waals surface area contributed by atoms with Gasteiger partial charge in [0.25, 0.3) is 0 Å². The Labute approximate surface area is 108 Å². The highest BCUT2D eigenvalue weighted by molar-refractivity contribution is 8.03. The highest BCUT2D eigenvalue weighted by Crippen LogP contribution is 2.39. The second-order valence-electron chi connectivity index (χ2n) is 4.82. The van der Waals surface area contributed by atoms with E-state index in [1.54, 1.807) is 11.8 Å². The lowest BCUT2D eigenvalue weighted by Crippen LogP contribution is -2.35. The van der Waals surface area contributed by atoms with E-state index in [-0.39, 0.29) is 5.50 Å². The van der Waals surface area contributed by atoms with Crippen molar-refractivity contribution in [3.8, 4) is 0 Å². The van der Waals surface area contributed by atoms with Crippen LogP contribution in [0.4, 0.5) is 5.69 Å². The van der Waals surface area contributed by atoms with Gasteiger partial charge in [0, 0.05) is 11.4 Å². The van der Waals surface area contributed by atoms with Crippen molar-refractivity contribution in [2.75, 3.05) is 4.90 Å². The van der Waals surface area contributed by atoms with Gasteiger partial charge in [-0.2, -0.15) is 0 Å². The van der Waals surface area contributed by atoms with Crippen LogP contribution in [0.2, 0.25) is 0 Å². The third-order valence-corrected chi connectivity index (χ3v) is 4.11. The molecule has 0 aliphatic carbocycles. The molecule has 1 atom stereocenters. The van der Waals surface area contributed by atoms with Gasteiger partial charge in [0.05, 0.1) is 0 Å². The maximum atomic E-state index is 6.18. The summed E-state index contributed by atoms with van der Waals surface area (Å²) in [7, 11) is 0. The van der Waals surface area contributed by atoms with E-state index >= 15 is 0 Å². The summed E-state index contributed by atoms with van der Waals surface area (Å²) in [6.45, 7) is 8.73. The fourth-order valence-corrected chi connectivity index (χ4v) is 3.11. The second-order valence-corrected chi connectivity index (χ2v) is 5.81. The van der Waals surface area contributed by atoms with Gasteiger partial charge >= 0.3 is 0 Å². The molecule has 1 unspecified atom stereocenters. The zero-order valence-electron chi connectivity index (χ0n) is 10.9. The average Bonchev–Trinajstić information content (AvgIpc) is 2.59. The Morgan fingerprint density at radius 3 is 2.53 bits per heavy atom. The molecule has 1 heterocycles. The van der Waals surface area contributed by atoms with Gasteiger partial charge in [-0.1, -0.05) is 43.8 Å². The molecule has 2 N–H and O–H groups in total. The number of anilines is 1. The minimum Gasteiger partial charge on any atom is -0.319 e. The van der Waals surface area contributed by atoms with E-state index in [0.717, 1.165) is 0 Å². The van der Waals surface area contributed by atoms with Gasteiger partial charge in [0.15, 0.2) is 0 Å². The second kappa shape index (κ2) is 4.75. The number of para-hydroxylation sites is 1. The van der Waals surface area contributed by atoms with E-state index in [2.05, 4.69) is 56.2 Å². The average molecular weight is 248 g/mol. The van der Waals surface area contributed by atoms with Crippen molar-refractivity contribution >= 4 is 17.4 Å². The van der Waals surface area contributed by atoms with Crippen LogP contribution in [0.3, 0.4) is 0 Å². The molecule has 3 heteroatoms. The standard InChI is InChI=1S/C14H20N2S/c1-9(2)12-7-5-6-10(3)13(12)16-11(4)8-17-14(16)15/h5-9,14H,15H2,1-4H3. The molecular formula is C14H20N2S. The number of benzene rings is 1. The molecule has 0 radical (unpaired) electrons. The largest absolute Gasteiger partial charge is 0.319 e. The van der Waals surface area contributed by atoms with Crippen LogP contribution in [0.5, 0.6) is 0 Å². The topological polar surface area (TPSA) is 29.3 Å². The molecule has 1 aliphatic heterocycles. The molecule has 0 spiro atoms. The number of nitrogens with zero attached hydrogens (tertiary/aromatic N) is 1. The molecule has 1 aromatic rings. The number of thioether (sulfide) groups is 1. The van der Waals surface area contributed by atoms with Crippen LogP contribution >= 0.6 is 11.8 Å². The van der Waals surface area contributed by atoms with Crippen LogP contribution in [0, 0.1) is 6.92 Å². The van der Waals surface area contributed by atoms with Crippen LogP contribution in [0.25, 0.3) is 0 Å². The third-order valence-electron chi connectivity index (χ3n) is 3.14. The number of aryl methyl sites for hydroxylation is 1. The Hall–Kier alpha value is -0.930. The first-order valence-electron chi connectivity index (χ1n) is 5.99. The van der Waals surface area contributed by atoms with E-state index in [1.165, 1.54) is 22.5 Å². The van der Waals surface area contributed by atoms with Gasteiger partial charge in [-0.15, -0.1) is 0 Å². The van der Waals surface area contributed by atoms with Crippen molar-refractivity contribution in [3.63, 3.8) is 0 Å². The summed E-state index contributed by atoms with van der Waals surface area (Å²) in [5.74, 6) is 0.510. The molecule has 0 aromatic heterocycles. The Balaban J connectivity index is 2.54. The Morgan fingerprint density at radius 1 is 1.29 bits per heavy atom. The Morgan fingerprint density at radius 2 is 2.00 bits per heavy atom. The van der Waals surface area contributed by atoms with E-state index in [1.807, 2.05) is 0 Å². The molecule has 0 saturated carbocycles. The molecule has 92 valence electrons. The first-order chi connectivity index (χ1) is 8.02. The van der Waals surface area contributed by atoms with Crippen LogP contribution in [0.1, 0.15) is 37.8 Å². The lowest BCUT2D eigenvalue weighted by molar-refractivity contribution is 0.824. The summed E-state index contributed by atoms with van der Waals surface area (Å²) < 4.78 is 0. The first-order valence-corrected chi connectivity index (χ1v) is 6.93. The Kier molecular flexibility index (Phi) is 3.50. The summed E-state index contributed by atoms with van der Waals surface area (Å²) in [5, 5.41) is 2.14. The van der Waals surface area contributed by atoms with Crippen LogP contribution in [0.15, 0.2) is 29.3 Å². The minimum atomic E-state index is 0.00796. The summed E-state index contributed by atoms with van der Waals surface area (Å²) >= 11 is 1.68. The summed E-state index contributed by atoms with van der Waals surface area (Å²) in [4.78, 5) is 2.25. The smallest absolute Gasteiger partial charge is 0.133 e. The van der Waals surface area contributed by atoms with E-state index in [0.29, 0.717) is 5.92 Å². The molecular weight excluding hydrogens is 228 g/mol. The van der Waals surface area contributed by atoms with Gasteiger partial charge in [-0.25, -0.2) is 0 Å². The van der Waals surface area contributed by atoms with E-state index in [4.69, 9.17) is 5.73 Å². The first kappa shape index (κ1) is 12.5. The van der Waals surface area contributed by atoms with Gasteiger partial charge in [-0.05, 0) is 36.3 Å². The monoisotopic (exact) mass is 248 g/mol. The molecule has 1 aromatic carbocycles. The minimum absolute atomic E-state index is 0.00796.